The minimum absolute atomic E-state index is 0.0905. The average Bonchev–Trinajstić information content (AvgIpc) is 2.30. The molecular weight excluding hydrogens is 273 g/mol. The molecule has 0 unspecified atom stereocenters. The van der Waals surface area contributed by atoms with Gasteiger partial charge in [-0.2, -0.15) is 0 Å². The van der Waals surface area contributed by atoms with Gasteiger partial charge in [-0.15, -0.1) is 0 Å². The smallest absolute Gasteiger partial charge is 0.272 e. The third-order valence-corrected chi connectivity index (χ3v) is 2.59. The summed E-state index contributed by atoms with van der Waals surface area (Å²) < 4.78 is 19.0. The van der Waals surface area contributed by atoms with E-state index in [9.17, 15) is 14.5 Å². The molecule has 2 aromatic carbocycles. The van der Waals surface area contributed by atoms with Crippen molar-refractivity contribution in [1.82, 2.24) is 0 Å². The van der Waals surface area contributed by atoms with E-state index in [4.69, 9.17) is 16.3 Å². The minimum Gasteiger partial charge on any atom is -0.454 e. The second-order valence-electron chi connectivity index (χ2n) is 3.94. The number of nitro benzene ring substituents is 1. The molecule has 4 nitrogen and oxygen atoms in total. The fourth-order valence-electron chi connectivity index (χ4n) is 1.57. The molecule has 0 aromatic heterocycles. The van der Waals surface area contributed by atoms with Gasteiger partial charge in [0.1, 0.15) is 5.75 Å². The standard InChI is InChI=1S/C13H9ClFNO3/c1-8-4-9(14)6-11(5-8)19-13-3-2-10(16(17)18)7-12(13)15/h2-7H,1H3. The quantitative estimate of drug-likeness (QED) is 0.615. The van der Waals surface area contributed by atoms with Gasteiger partial charge in [0.2, 0.25) is 0 Å². The summed E-state index contributed by atoms with van der Waals surface area (Å²) >= 11 is 5.86. The van der Waals surface area contributed by atoms with E-state index in [1.54, 1.807) is 12.1 Å². The Morgan fingerprint density at radius 3 is 2.58 bits per heavy atom. The van der Waals surface area contributed by atoms with Crippen molar-refractivity contribution in [2.45, 2.75) is 6.92 Å². The van der Waals surface area contributed by atoms with E-state index < -0.39 is 10.7 Å². The van der Waals surface area contributed by atoms with Gasteiger partial charge in [-0.05, 0) is 36.8 Å². The summed E-state index contributed by atoms with van der Waals surface area (Å²) in [6.07, 6.45) is 0. The zero-order valence-electron chi connectivity index (χ0n) is 9.89. The van der Waals surface area contributed by atoms with E-state index in [1.807, 2.05) is 6.92 Å². The molecule has 0 heterocycles. The number of aryl methyl sites for hydroxylation is 1. The second-order valence-corrected chi connectivity index (χ2v) is 4.37. The monoisotopic (exact) mass is 281 g/mol. The summed E-state index contributed by atoms with van der Waals surface area (Å²) in [5.41, 5.74) is 0.539. The zero-order valence-corrected chi connectivity index (χ0v) is 10.6. The highest BCUT2D eigenvalue weighted by molar-refractivity contribution is 6.30. The normalized spacial score (nSPS) is 10.3. The van der Waals surface area contributed by atoms with Crippen molar-refractivity contribution in [3.05, 3.63) is 62.9 Å². The first kappa shape index (κ1) is 13.3. The Bertz CT molecular complexity index is 626. The summed E-state index contributed by atoms with van der Waals surface area (Å²) in [5.74, 6) is -0.517. The van der Waals surface area contributed by atoms with Crippen molar-refractivity contribution in [1.29, 1.82) is 0 Å². The molecule has 0 N–H and O–H groups in total. The molecule has 0 atom stereocenters. The third kappa shape index (κ3) is 3.20. The van der Waals surface area contributed by atoms with Gasteiger partial charge >= 0.3 is 0 Å². The first-order valence-electron chi connectivity index (χ1n) is 5.35. The van der Waals surface area contributed by atoms with Crippen LogP contribution in [0.2, 0.25) is 5.02 Å². The first-order valence-corrected chi connectivity index (χ1v) is 5.72. The molecule has 0 radical (unpaired) electrons. The topological polar surface area (TPSA) is 52.4 Å². The van der Waals surface area contributed by atoms with Crippen LogP contribution in [0.4, 0.5) is 10.1 Å². The van der Waals surface area contributed by atoms with E-state index in [1.165, 1.54) is 18.2 Å². The molecule has 19 heavy (non-hydrogen) atoms. The van der Waals surface area contributed by atoms with E-state index in [-0.39, 0.29) is 11.4 Å². The number of nitro groups is 1. The Labute approximate surface area is 113 Å². The van der Waals surface area contributed by atoms with E-state index in [0.717, 1.165) is 11.6 Å². The molecule has 0 bridgehead atoms. The first-order chi connectivity index (χ1) is 8.95. The van der Waals surface area contributed by atoms with Gasteiger partial charge in [-0.25, -0.2) is 4.39 Å². The van der Waals surface area contributed by atoms with Crippen molar-refractivity contribution in [2.75, 3.05) is 0 Å². The van der Waals surface area contributed by atoms with Crippen LogP contribution < -0.4 is 4.74 Å². The van der Waals surface area contributed by atoms with Crippen LogP contribution in [0.3, 0.4) is 0 Å². The Morgan fingerprint density at radius 1 is 1.26 bits per heavy atom. The van der Waals surface area contributed by atoms with Crippen LogP contribution >= 0.6 is 11.6 Å². The van der Waals surface area contributed by atoms with Crippen LogP contribution in [-0.2, 0) is 0 Å². The molecule has 6 heteroatoms. The molecule has 0 spiro atoms. The number of hydrogen-bond acceptors (Lipinski definition) is 3. The molecule has 0 amide bonds. The van der Waals surface area contributed by atoms with Crippen LogP contribution in [0.1, 0.15) is 5.56 Å². The lowest BCUT2D eigenvalue weighted by Crippen LogP contribution is -1.92. The van der Waals surface area contributed by atoms with E-state index in [0.29, 0.717) is 10.8 Å². The Morgan fingerprint density at radius 2 is 2.00 bits per heavy atom. The van der Waals surface area contributed by atoms with Crippen LogP contribution in [0.15, 0.2) is 36.4 Å². The third-order valence-electron chi connectivity index (χ3n) is 2.37. The van der Waals surface area contributed by atoms with Gasteiger partial charge in [0.25, 0.3) is 5.69 Å². The summed E-state index contributed by atoms with van der Waals surface area (Å²) in [5, 5.41) is 11.0. The van der Waals surface area contributed by atoms with Gasteiger partial charge < -0.3 is 4.74 Å². The molecule has 2 aromatic rings. The molecule has 0 fully saturated rings. The Balaban J connectivity index is 2.30. The fraction of sp³-hybridized carbons (Fsp3) is 0.0769. The Hall–Kier alpha value is -2.14. The van der Waals surface area contributed by atoms with Crippen molar-refractivity contribution < 1.29 is 14.1 Å². The highest BCUT2D eigenvalue weighted by atomic mass is 35.5. The molecule has 98 valence electrons. The maximum absolute atomic E-state index is 13.6. The maximum atomic E-state index is 13.6. The maximum Gasteiger partial charge on any atom is 0.272 e. The predicted molar refractivity (Wildman–Crippen MR) is 69.3 cm³/mol. The number of hydrogen-bond donors (Lipinski definition) is 0. The molecule has 0 aliphatic heterocycles. The lowest BCUT2D eigenvalue weighted by atomic mass is 10.2. The lowest BCUT2D eigenvalue weighted by Gasteiger charge is -2.08. The van der Waals surface area contributed by atoms with Gasteiger partial charge in [-0.3, -0.25) is 10.1 Å². The summed E-state index contributed by atoms with van der Waals surface area (Å²) in [4.78, 5) is 9.82. The summed E-state index contributed by atoms with van der Waals surface area (Å²) in [7, 11) is 0. The largest absolute Gasteiger partial charge is 0.454 e. The predicted octanol–water partition coefficient (Wildman–Crippen LogP) is 4.49. The van der Waals surface area contributed by atoms with Crippen LogP contribution in [0.25, 0.3) is 0 Å². The van der Waals surface area contributed by atoms with Crippen molar-refractivity contribution >= 4 is 17.3 Å². The van der Waals surface area contributed by atoms with Gasteiger partial charge in [0.05, 0.1) is 11.0 Å². The highest BCUT2D eigenvalue weighted by Gasteiger charge is 2.12. The van der Waals surface area contributed by atoms with Gasteiger partial charge in [-0.1, -0.05) is 11.6 Å². The number of nitrogens with zero attached hydrogens (tertiary/aromatic N) is 1. The average molecular weight is 282 g/mol. The van der Waals surface area contributed by atoms with Crippen molar-refractivity contribution in [2.24, 2.45) is 0 Å². The fourth-order valence-corrected chi connectivity index (χ4v) is 1.85. The van der Waals surface area contributed by atoms with Crippen LogP contribution in [0.5, 0.6) is 11.5 Å². The van der Waals surface area contributed by atoms with E-state index in [2.05, 4.69) is 0 Å². The Kier molecular flexibility index (Phi) is 3.66. The number of benzene rings is 2. The molecule has 2 rings (SSSR count). The number of rotatable bonds is 3. The van der Waals surface area contributed by atoms with Gasteiger partial charge in [0.15, 0.2) is 11.6 Å². The van der Waals surface area contributed by atoms with E-state index >= 15 is 0 Å². The van der Waals surface area contributed by atoms with Crippen molar-refractivity contribution in [3.8, 4) is 11.5 Å². The second kappa shape index (κ2) is 5.24. The zero-order chi connectivity index (χ0) is 14.0. The van der Waals surface area contributed by atoms with Crippen LogP contribution in [0, 0.1) is 22.9 Å². The SMILES string of the molecule is Cc1cc(Cl)cc(Oc2ccc([N+](=O)[O-])cc2F)c1. The molecule has 0 aliphatic carbocycles. The number of ether oxygens (including phenoxy) is 1. The number of halogens is 2. The molecule has 0 saturated heterocycles. The molecule has 0 aliphatic rings. The minimum atomic E-state index is -0.799. The molecule has 0 saturated carbocycles. The number of non-ortho nitro benzene ring substituents is 1. The molecular formula is C13H9ClFNO3. The van der Waals surface area contributed by atoms with Crippen molar-refractivity contribution in [3.63, 3.8) is 0 Å². The summed E-state index contributed by atoms with van der Waals surface area (Å²) in [6, 6.07) is 8.16. The van der Waals surface area contributed by atoms with Crippen LogP contribution in [-0.4, -0.2) is 4.92 Å². The van der Waals surface area contributed by atoms with Gasteiger partial charge in [0, 0.05) is 11.1 Å². The summed E-state index contributed by atoms with van der Waals surface area (Å²) in [6.45, 7) is 1.82. The highest BCUT2D eigenvalue weighted by Crippen LogP contribution is 2.29. The lowest BCUT2D eigenvalue weighted by molar-refractivity contribution is -0.385.